The van der Waals surface area contributed by atoms with Crippen molar-refractivity contribution in [2.75, 3.05) is 20.1 Å². The van der Waals surface area contributed by atoms with Gasteiger partial charge in [-0.25, -0.2) is 0 Å². The van der Waals surface area contributed by atoms with E-state index in [9.17, 15) is 0 Å². The van der Waals surface area contributed by atoms with Crippen LogP contribution in [0.25, 0.3) is 0 Å². The van der Waals surface area contributed by atoms with Crippen LogP contribution in [0.3, 0.4) is 0 Å². The van der Waals surface area contributed by atoms with Crippen LogP contribution in [-0.4, -0.2) is 36.5 Å². The Morgan fingerprint density at radius 1 is 1.31 bits per heavy atom. The predicted octanol–water partition coefficient (Wildman–Crippen LogP) is 2.48. The molecular formula is C13H27N3. The van der Waals surface area contributed by atoms with Crippen LogP contribution in [0, 0.1) is 5.41 Å². The Labute approximate surface area is 100 Å². The number of hydrogen-bond donors (Lipinski definition) is 1. The van der Waals surface area contributed by atoms with Crippen molar-refractivity contribution in [2.24, 2.45) is 10.4 Å². The minimum Gasteiger partial charge on any atom is -0.356 e. The molecule has 1 heterocycles. The van der Waals surface area contributed by atoms with Gasteiger partial charge in [-0.1, -0.05) is 27.2 Å². The second kappa shape index (κ2) is 4.64. The summed E-state index contributed by atoms with van der Waals surface area (Å²) < 4.78 is 0. The number of guanidine groups is 1. The Bertz CT molecular complexity index is 266. The number of hydrogen-bond acceptors (Lipinski definition) is 1. The van der Waals surface area contributed by atoms with Gasteiger partial charge in [0.25, 0.3) is 0 Å². The number of likely N-dealkylation sites (tertiary alicyclic amines) is 1. The highest BCUT2D eigenvalue weighted by molar-refractivity contribution is 5.81. The fraction of sp³-hybridized carbons (Fsp3) is 0.923. The molecule has 0 aromatic heterocycles. The fourth-order valence-electron chi connectivity index (χ4n) is 2.07. The lowest BCUT2D eigenvalue weighted by atomic mass is 9.65. The standard InChI is InChI=1S/C13H27N3/c1-7-8-9-15-11(14-6)16-10-12(2,3)13(16,4)5/h7-10H2,1-6H3,(H,14,15). The Balaban J connectivity index is 2.58. The summed E-state index contributed by atoms with van der Waals surface area (Å²) in [6, 6.07) is 0. The first kappa shape index (κ1) is 13.3. The zero-order valence-electron chi connectivity index (χ0n) is 11.7. The predicted molar refractivity (Wildman–Crippen MR) is 70.8 cm³/mol. The van der Waals surface area contributed by atoms with E-state index in [-0.39, 0.29) is 5.54 Å². The van der Waals surface area contributed by atoms with Gasteiger partial charge in [-0.2, -0.15) is 0 Å². The molecule has 0 amide bonds. The number of nitrogens with zero attached hydrogens (tertiary/aromatic N) is 2. The van der Waals surface area contributed by atoms with E-state index in [2.05, 4.69) is 49.8 Å². The molecule has 0 radical (unpaired) electrons. The molecule has 3 nitrogen and oxygen atoms in total. The van der Waals surface area contributed by atoms with Crippen molar-refractivity contribution in [2.45, 2.75) is 53.0 Å². The molecule has 16 heavy (non-hydrogen) atoms. The van der Waals surface area contributed by atoms with E-state index in [0.717, 1.165) is 19.0 Å². The normalized spacial score (nSPS) is 22.9. The molecule has 0 aromatic rings. The van der Waals surface area contributed by atoms with E-state index in [1.807, 2.05) is 7.05 Å². The molecule has 1 aliphatic rings. The molecule has 1 fully saturated rings. The van der Waals surface area contributed by atoms with Crippen molar-refractivity contribution in [3.8, 4) is 0 Å². The first-order valence-corrected chi connectivity index (χ1v) is 6.35. The molecule has 0 spiro atoms. The third-order valence-electron chi connectivity index (χ3n) is 4.17. The highest BCUT2D eigenvalue weighted by Crippen LogP contribution is 2.46. The lowest BCUT2D eigenvalue weighted by Crippen LogP contribution is -2.72. The van der Waals surface area contributed by atoms with Crippen LogP contribution >= 0.6 is 0 Å². The van der Waals surface area contributed by atoms with E-state index < -0.39 is 0 Å². The van der Waals surface area contributed by atoms with Gasteiger partial charge < -0.3 is 10.2 Å². The first-order valence-electron chi connectivity index (χ1n) is 6.35. The minimum atomic E-state index is 0.195. The first-order chi connectivity index (χ1) is 7.36. The van der Waals surface area contributed by atoms with Gasteiger partial charge in [0.1, 0.15) is 0 Å². The molecule has 1 N–H and O–H groups in total. The maximum Gasteiger partial charge on any atom is 0.194 e. The Kier molecular flexibility index (Phi) is 3.87. The van der Waals surface area contributed by atoms with Crippen LogP contribution in [0.1, 0.15) is 47.5 Å². The number of rotatable bonds is 3. The van der Waals surface area contributed by atoms with Crippen LogP contribution < -0.4 is 5.32 Å². The fourth-order valence-corrected chi connectivity index (χ4v) is 2.07. The second-order valence-corrected chi connectivity index (χ2v) is 5.86. The molecule has 1 rings (SSSR count). The molecular weight excluding hydrogens is 198 g/mol. The molecule has 0 bridgehead atoms. The summed E-state index contributed by atoms with van der Waals surface area (Å²) in [7, 11) is 1.87. The van der Waals surface area contributed by atoms with E-state index in [0.29, 0.717) is 5.41 Å². The van der Waals surface area contributed by atoms with Crippen LogP contribution in [0.4, 0.5) is 0 Å². The van der Waals surface area contributed by atoms with Gasteiger partial charge in [0, 0.05) is 31.1 Å². The van der Waals surface area contributed by atoms with Crippen molar-refractivity contribution >= 4 is 5.96 Å². The maximum atomic E-state index is 4.37. The van der Waals surface area contributed by atoms with Crippen molar-refractivity contribution in [1.29, 1.82) is 0 Å². The highest BCUT2D eigenvalue weighted by Gasteiger charge is 2.53. The molecule has 0 saturated carbocycles. The van der Waals surface area contributed by atoms with Gasteiger partial charge in [-0.05, 0) is 20.3 Å². The Morgan fingerprint density at radius 2 is 1.94 bits per heavy atom. The Morgan fingerprint density at radius 3 is 2.31 bits per heavy atom. The zero-order valence-corrected chi connectivity index (χ0v) is 11.7. The minimum absolute atomic E-state index is 0.195. The summed E-state index contributed by atoms with van der Waals surface area (Å²) in [6.07, 6.45) is 2.43. The van der Waals surface area contributed by atoms with Crippen LogP contribution in [0.5, 0.6) is 0 Å². The van der Waals surface area contributed by atoms with Crippen molar-refractivity contribution < 1.29 is 0 Å². The third-order valence-corrected chi connectivity index (χ3v) is 4.17. The monoisotopic (exact) mass is 225 g/mol. The van der Waals surface area contributed by atoms with Crippen molar-refractivity contribution in [3.63, 3.8) is 0 Å². The summed E-state index contributed by atoms with van der Waals surface area (Å²) in [6.45, 7) is 13.6. The molecule has 94 valence electrons. The molecule has 0 aromatic carbocycles. The van der Waals surface area contributed by atoms with Gasteiger partial charge in [0.05, 0.1) is 0 Å². The molecule has 0 aliphatic carbocycles. The van der Waals surface area contributed by atoms with Crippen LogP contribution in [-0.2, 0) is 0 Å². The van der Waals surface area contributed by atoms with Gasteiger partial charge in [-0.15, -0.1) is 0 Å². The summed E-state index contributed by atoms with van der Waals surface area (Å²) >= 11 is 0. The van der Waals surface area contributed by atoms with Gasteiger partial charge in [0.15, 0.2) is 5.96 Å². The summed E-state index contributed by atoms with van der Waals surface area (Å²) in [5.74, 6) is 1.05. The van der Waals surface area contributed by atoms with E-state index in [1.165, 1.54) is 12.8 Å². The van der Waals surface area contributed by atoms with Gasteiger partial charge >= 0.3 is 0 Å². The maximum absolute atomic E-state index is 4.37. The second-order valence-electron chi connectivity index (χ2n) is 5.86. The molecule has 1 aliphatic heterocycles. The van der Waals surface area contributed by atoms with Crippen molar-refractivity contribution in [3.05, 3.63) is 0 Å². The summed E-state index contributed by atoms with van der Waals surface area (Å²) in [5, 5.41) is 3.44. The number of unbranched alkanes of at least 4 members (excludes halogenated alkanes) is 1. The van der Waals surface area contributed by atoms with Crippen LogP contribution in [0.2, 0.25) is 0 Å². The number of aliphatic imine (C=N–C) groups is 1. The average molecular weight is 225 g/mol. The van der Waals surface area contributed by atoms with E-state index >= 15 is 0 Å². The largest absolute Gasteiger partial charge is 0.356 e. The number of nitrogens with one attached hydrogen (secondary N) is 1. The summed E-state index contributed by atoms with van der Waals surface area (Å²) in [5.41, 5.74) is 0.566. The molecule has 0 atom stereocenters. The zero-order chi connectivity index (χ0) is 12.4. The van der Waals surface area contributed by atoms with Crippen LogP contribution in [0.15, 0.2) is 4.99 Å². The summed E-state index contributed by atoms with van der Waals surface area (Å²) in [4.78, 5) is 6.75. The van der Waals surface area contributed by atoms with Crippen molar-refractivity contribution in [1.82, 2.24) is 10.2 Å². The smallest absolute Gasteiger partial charge is 0.194 e. The molecule has 0 unspecified atom stereocenters. The quantitative estimate of drug-likeness (QED) is 0.454. The molecule has 3 heteroatoms. The topological polar surface area (TPSA) is 27.6 Å². The van der Waals surface area contributed by atoms with Gasteiger partial charge in [-0.3, -0.25) is 4.99 Å². The average Bonchev–Trinajstić information content (AvgIpc) is 2.22. The Hall–Kier alpha value is -0.730. The lowest BCUT2D eigenvalue weighted by Gasteiger charge is -2.62. The highest BCUT2D eigenvalue weighted by atomic mass is 15.4. The van der Waals surface area contributed by atoms with E-state index in [4.69, 9.17) is 0 Å². The van der Waals surface area contributed by atoms with E-state index in [1.54, 1.807) is 0 Å². The van der Waals surface area contributed by atoms with Gasteiger partial charge in [0.2, 0.25) is 0 Å². The third kappa shape index (κ3) is 2.18. The lowest BCUT2D eigenvalue weighted by molar-refractivity contribution is -0.0667. The SMILES string of the molecule is CCCCNC(=NC)N1CC(C)(C)C1(C)C. The molecule has 1 saturated heterocycles.